The molecule has 1 unspecified atom stereocenters. The predicted molar refractivity (Wildman–Crippen MR) is 84.8 cm³/mol. The van der Waals surface area contributed by atoms with Crippen molar-refractivity contribution >= 4 is 6.08 Å². The van der Waals surface area contributed by atoms with E-state index in [1.807, 2.05) is 24.3 Å². The standard InChI is InChI=1S/C18H20O3/c1-3-14(15-7-9-16(19)10-8-15)6-4-13-5-11-18(21-2)17(20)12-13/h4-12,14,19-20H,3H2,1-2H3/b6-4-. The van der Waals surface area contributed by atoms with E-state index < -0.39 is 0 Å². The largest absolute Gasteiger partial charge is 0.508 e. The number of rotatable bonds is 5. The molecule has 0 aliphatic heterocycles. The molecule has 0 saturated carbocycles. The molecule has 0 radical (unpaired) electrons. The molecule has 110 valence electrons. The molecule has 2 N–H and O–H groups in total. The third kappa shape index (κ3) is 3.78. The van der Waals surface area contributed by atoms with E-state index in [0.29, 0.717) is 5.75 Å². The molecule has 2 aromatic rings. The molecule has 1 atom stereocenters. The lowest BCUT2D eigenvalue weighted by molar-refractivity contribution is 0.373. The fraction of sp³-hybridized carbons (Fsp3) is 0.222. The molecule has 0 bridgehead atoms. The van der Waals surface area contributed by atoms with Gasteiger partial charge in [0, 0.05) is 5.92 Å². The van der Waals surface area contributed by atoms with Crippen LogP contribution in [0.25, 0.3) is 6.08 Å². The Morgan fingerprint density at radius 2 is 1.81 bits per heavy atom. The van der Waals surface area contributed by atoms with Crippen molar-refractivity contribution in [2.24, 2.45) is 0 Å². The smallest absolute Gasteiger partial charge is 0.160 e. The molecule has 3 heteroatoms. The van der Waals surface area contributed by atoms with Gasteiger partial charge in [-0.3, -0.25) is 0 Å². The summed E-state index contributed by atoms with van der Waals surface area (Å²) in [6.45, 7) is 2.12. The summed E-state index contributed by atoms with van der Waals surface area (Å²) >= 11 is 0. The van der Waals surface area contributed by atoms with Crippen molar-refractivity contribution in [3.8, 4) is 17.2 Å². The van der Waals surface area contributed by atoms with Crippen LogP contribution < -0.4 is 4.74 Å². The Hall–Kier alpha value is -2.42. The van der Waals surface area contributed by atoms with Gasteiger partial charge in [0.05, 0.1) is 7.11 Å². The normalized spacial score (nSPS) is 12.5. The number of hydrogen-bond donors (Lipinski definition) is 2. The maximum atomic E-state index is 9.77. The molecule has 2 aromatic carbocycles. The minimum Gasteiger partial charge on any atom is -0.508 e. The Morgan fingerprint density at radius 1 is 1.10 bits per heavy atom. The van der Waals surface area contributed by atoms with Gasteiger partial charge in [-0.05, 0) is 41.8 Å². The SMILES string of the molecule is CCC(/C=C\c1ccc(OC)c(O)c1)c1ccc(O)cc1. The van der Waals surface area contributed by atoms with Crippen molar-refractivity contribution in [3.05, 3.63) is 59.7 Å². The van der Waals surface area contributed by atoms with Crippen molar-refractivity contribution in [2.75, 3.05) is 7.11 Å². The molecule has 0 fully saturated rings. The fourth-order valence-electron chi connectivity index (χ4n) is 2.24. The average Bonchev–Trinajstić information content (AvgIpc) is 2.49. The van der Waals surface area contributed by atoms with Crippen molar-refractivity contribution in [1.82, 2.24) is 0 Å². The van der Waals surface area contributed by atoms with Crippen LogP contribution in [0.15, 0.2) is 48.5 Å². The van der Waals surface area contributed by atoms with E-state index in [1.165, 1.54) is 7.11 Å². The first-order valence-corrected chi connectivity index (χ1v) is 6.98. The van der Waals surface area contributed by atoms with Gasteiger partial charge >= 0.3 is 0 Å². The predicted octanol–water partition coefficient (Wildman–Crippen LogP) is 4.31. The molecule has 2 rings (SSSR count). The van der Waals surface area contributed by atoms with Crippen molar-refractivity contribution < 1.29 is 14.9 Å². The van der Waals surface area contributed by atoms with Gasteiger partial charge in [0.1, 0.15) is 5.75 Å². The number of benzene rings is 2. The van der Waals surface area contributed by atoms with E-state index in [1.54, 1.807) is 24.3 Å². The molecule has 0 amide bonds. The molecule has 0 aliphatic carbocycles. The van der Waals surface area contributed by atoms with Crippen LogP contribution >= 0.6 is 0 Å². The number of ether oxygens (including phenoxy) is 1. The number of allylic oxidation sites excluding steroid dienone is 1. The van der Waals surface area contributed by atoms with Gasteiger partial charge in [-0.1, -0.05) is 37.3 Å². The van der Waals surface area contributed by atoms with E-state index >= 15 is 0 Å². The highest BCUT2D eigenvalue weighted by atomic mass is 16.5. The number of phenolic OH excluding ortho intramolecular Hbond substituents is 2. The summed E-state index contributed by atoms with van der Waals surface area (Å²) in [6, 6.07) is 12.6. The topological polar surface area (TPSA) is 49.7 Å². The molecule has 3 nitrogen and oxygen atoms in total. The first-order chi connectivity index (χ1) is 10.1. The number of phenols is 2. The van der Waals surface area contributed by atoms with E-state index in [4.69, 9.17) is 4.74 Å². The third-order valence-electron chi connectivity index (χ3n) is 3.48. The highest BCUT2D eigenvalue weighted by molar-refractivity contribution is 5.56. The molecule has 0 spiro atoms. The summed E-state index contributed by atoms with van der Waals surface area (Å²) in [5.41, 5.74) is 2.08. The summed E-state index contributed by atoms with van der Waals surface area (Å²) in [5, 5.41) is 19.1. The minimum absolute atomic E-state index is 0.136. The van der Waals surface area contributed by atoms with E-state index in [-0.39, 0.29) is 17.4 Å². The molecular formula is C18H20O3. The van der Waals surface area contributed by atoms with Gasteiger partial charge in [-0.25, -0.2) is 0 Å². The van der Waals surface area contributed by atoms with Crippen LogP contribution in [0.3, 0.4) is 0 Å². The zero-order chi connectivity index (χ0) is 15.2. The lowest BCUT2D eigenvalue weighted by Crippen LogP contribution is -1.92. The fourth-order valence-corrected chi connectivity index (χ4v) is 2.24. The Bertz CT molecular complexity index is 615. The maximum Gasteiger partial charge on any atom is 0.160 e. The molecule has 0 saturated heterocycles. The van der Waals surface area contributed by atoms with Gasteiger partial charge in [-0.15, -0.1) is 0 Å². The molecular weight excluding hydrogens is 264 g/mol. The highest BCUT2D eigenvalue weighted by Crippen LogP contribution is 2.28. The molecule has 0 heterocycles. The molecule has 0 aromatic heterocycles. The van der Waals surface area contributed by atoms with Gasteiger partial charge < -0.3 is 14.9 Å². The summed E-state index contributed by atoms with van der Waals surface area (Å²) < 4.78 is 5.03. The maximum absolute atomic E-state index is 9.77. The first-order valence-electron chi connectivity index (χ1n) is 6.98. The van der Waals surface area contributed by atoms with E-state index in [2.05, 4.69) is 13.0 Å². The summed E-state index contributed by atoms with van der Waals surface area (Å²) in [7, 11) is 1.53. The summed E-state index contributed by atoms with van der Waals surface area (Å²) in [4.78, 5) is 0. The number of methoxy groups -OCH3 is 1. The first kappa shape index (κ1) is 15.0. The van der Waals surface area contributed by atoms with E-state index in [0.717, 1.165) is 17.5 Å². The monoisotopic (exact) mass is 284 g/mol. The highest BCUT2D eigenvalue weighted by Gasteiger charge is 2.06. The quantitative estimate of drug-likeness (QED) is 0.860. The summed E-state index contributed by atoms with van der Waals surface area (Å²) in [6.07, 6.45) is 5.05. The van der Waals surface area contributed by atoms with Gasteiger partial charge in [-0.2, -0.15) is 0 Å². The van der Waals surface area contributed by atoms with Crippen LogP contribution in [0.2, 0.25) is 0 Å². The van der Waals surface area contributed by atoms with Gasteiger partial charge in [0.25, 0.3) is 0 Å². The molecule has 0 aliphatic rings. The van der Waals surface area contributed by atoms with Gasteiger partial charge in [0.2, 0.25) is 0 Å². The van der Waals surface area contributed by atoms with E-state index in [9.17, 15) is 10.2 Å². The lowest BCUT2D eigenvalue weighted by Gasteiger charge is -2.11. The summed E-state index contributed by atoms with van der Waals surface area (Å²) in [5.74, 6) is 1.16. The second-order valence-corrected chi connectivity index (χ2v) is 4.90. The zero-order valence-corrected chi connectivity index (χ0v) is 12.3. The van der Waals surface area contributed by atoms with Crippen molar-refractivity contribution in [3.63, 3.8) is 0 Å². The minimum atomic E-state index is 0.136. The Balaban J connectivity index is 2.17. The van der Waals surface area contributed by atoms with Crippen LogP contribution in [-0.4, -0.2) is 17.3 Å². The van der Waals surface area contributed by atoms with Crippen molar-refractivity contribution in [2.45, 2.75) is 19.3 Å². The van der Waals surface area contributed by atoms with Crippen LogP contribution in [0.5, 0.6) is 17.2 Å². The van der Waals surface area contributed by atoms with Crippen LogP contribution in [0.1, 0.15) is 30.4 Å². The molecule has 21 heavy (non-hydrogen) atoms. The van der Waals surface area contributed by atoms with Crippen molar-refractivity contribution in [1.29, 1.82) is 0 Å². The number of hydrogen-bond acceptors (Lipinski definition) is 3. The average molecular weight is 284 g/mol. The van der Waals surface area contributed by atoms with Gasteiger partial charge in [0.15, 0.2) is 11.5 Å². The Kier molecular flexibility index (Phi) is 4.88. The Labute approximate surface area is 125 Å². The third-order valence-corrected chi connectivity index (χ3v) is 3.48. The zero-order valence-electron chi connectivity index (χ0n) is 12.3. The Morgan fingerprint density at radius 3 is 2.38 bits per heavy atom. The second-order valence-electron chi connectivity index (χ2n) is 4.90. The van der Waals surface area contributed by atoms with Crippen LogP contribution in [-0.2, 0) is 0 Å². The van der Waals surface area contributed by atoms with Crippen LogP contribution in [0.4, 0.5) is 0 Å². The van der Waals surface area contributed by atoms with Crippen LogP contribution in [0, 0.1) is 0 Å². The lowest BCUT2D eigenvalue weighted by atomic mass is 9.95. The second kappa shape index (κ2) is 6.84. The number of aromatic hydroxyl groups is 2.